The van der Waals surface area contributed by atoms with Gasteiger partial charge in [-0.25, -0.2) is 0 Å². The van der Waals surface area contributed by atoms with Crippen LogP contribution in [-0.4, -0.2) is 49.2 Å². The number of hydrogen-bond donors (Lipinski definition) is 1. The normalized spacial score (nSPS) is 21.3. The molecule has 0 aromatic heterocycles. The third-order valence-electron chi connectivity index (χ3n) is 4.55. The predicted molar refractivity (Wildman–Crippen MR) is 88.8 cm³/mol. The maximum Gasteiger partial charge on any atom is 0.235 e. The van der Waals surface area contributed by atoms with Crippen LogP contribution in [0, 0.1) is 11.3 Å². The van der Waals surface area contributed by atoms with Crippen LogP contribution in [0.2, 0.25) is 0 Å². The smallest absolute Gasteiger partial charge is 0.235 e. The van der Waals surface area contributed by atoms with Gasteiger partial charge in [-0.05, 0) is 44.9 Å². The second kappa shape index (κ2) is 7.10. The molecule has 6 nitrogen and oxygen atoms in total. The Bertz CT molecular complexity index is 635. The van der Waals surface area contributed by atoms with E-state index in [0.29, 0.717) is 13.2 Å². The molecule has 0 saturated heterocycles. The summed E-state index contributed by atoms with van der Waals surface area (Å²) in [6, 6.07) is 9.86. The summed E-state index contributed by atoms with van der Waals surface area (Å²) in [5.41, 5.74) is -0.665. The number of rotatable bonds is 5. The minimum atomic E-state index is -0.665. The summed E-state index contributed by atoms with van der Waals surface area (Å²) in [7, 11) is 1.87. The lowest BCUT2D eigenvalue weighted by Crippen LogP contribution is -2.50. The third kappa shape index (κ3) is 3.80. The van der Waals surface area contributed by atoms with Crippen molar-refractivity contribution in [2.24, 2.45) is 0 Å². The Labute approximate surface area is 142 Å². The number of nitriles is 1. The van der Waals surface area contributed by atoms with Crippen LogP contribution in [0.3, 0.4) is 0 Å². The highest BCUT2D eigenvalue weighted by Gasteiger charge is 2.35. The van der Waals surface area contributed by atoms with Crippen molar-refractivity contribution in [2.45, 2.75) is 37.3 Å². The molecule has 0 spiro atoms. The van der Waals surface area contributed by atoms with E-state index in [9.17, 15) is 10.1 Å². The number of carbonyl (C=O) groups is 1. The molecular weight excluding hydrogens is 306 g/mol. The average molecular weight is 329 g/mol. The first-order valence-corrected chi connectivity index (χ1v) is 8.39. The largest absolute Gasteiger partial charge is 0.486 e. The van der Waals surface area contributed by atoms with Crippen LogP contribution < -0.4 is 14.8 Å². The molecule has 24 heavy (non-hydrogen) atoms. The van der Waals surface area contributed by atoms with Crippen LogP contribution >= 0.6 is 0 Å². The molecule has 1 N–H and O–H groups in total. The third-order valence-corrected chi connectivity index (χ3v) is 4.55. The van der Waals surface area contributed by atoms with Crippen molar-refractivity contribution < 1.29 is 14.3 Å². The monoisotopic (exact) mass is 329 g/mol. The van der Waals surface area contributed by atoms with E-state index < -0.39 is 5.54 Å². The highest BCUT2D eigenvalue weighted by molar-refractivity contribution is 5.79. The van der Waals surface area contributed by atoms with Crippen molar-refractivity contribution in [1.82, 2.24) is 10.2 Å². The number of nitrogens with one attached hydrogen (secondary N) is 1. The van der Waals surface area contributed by atoms with E-state index in [1.165, 1.54) is 0 Å². The van der Waals surface area contributed by atoms with Gasteiger partial charge in [0.1, 0.15) is 18.2 Å². The maximum absolute atomic E-state index is 12.2. The number of fused-ring (bicyclic) bond motifs is 1. The van der Waals surface area contributed by atoms with Crippen LogP contribution in [0.5, 0.6) is 11.5 Å². The molecule has 1 aromatic rings. The molecule has 0 radical (unpaired) electrons. The van der Waals surface area contributed by atoms with E-state index in [1.807, 2.05) is 36.2 Å². The van der Waals surface area contributed by atoms with Gasteiger partial charge in [0.05, 0.1) is 12.6 Å². The maximum atomic E-state index is 12.2. The summed E-state index contributed by atoms with van der Waals surface area (Å²) < 4.78 is 11.6. The first-order chi connectivity index (χ1) is 11.6. The van der Waals surface area contributed by atoms with Crippen molar-refractivity contribution in [3.05, 3.63) is 24.3 Å². The lowest BCUT2D eigenvalue weighted by atomic mass is 10.00. The van der Waals surface area contributed by atoms with Gasteiger partial charge in [0, 0.05) is 6.54 Å². The first kappa shape index (κ1) is 16.6. The number of para-hydroxylation sites is 2. The Balaban J connectivity index is 1.48. The van der Waals surface area contributed by atoms with Gasteiger partial charge in [0.2, 0.25) is 5.91 Å². The molecule has 1 atom stereocenters. The second-order valence-electron chi connectivity index (χ2n) is 6.64. The van der Waals surface area contributed by atoms with Crippen molar-refractivity contribution >= 4 is 5.91 Å². The number of carbonyl (C=O) groups excluding carboxylic acids is 1. The molecule has 1 fully saturated rings. The highest BCUT2D eigenvalue weighted by Crippen LogP contribution is 2.31. The molecule has 1 unspecified atom stereocenters. The van der Waals surface area contributed by atoms with Gasteiger partial charge in [-0.2, -0.15) is 5.26 Å². The molecule has 0 bridgehead atoms. The molecule has 1 heterocycles. The van der Waals surface area contributed by atoms with Crippen LogP contribution in [0.15, 0.2) is 24.3 Å². The molecule has 1 aromatic carbocycles. The van der Waals surface area contributed by atoms with Gasteiger partial charge < -0.3 is 14.8 Å². The SMILES string of the molecule is CN(CC(=O)NC1(C#N)CCCC1)CC1COc2ccccc2O1. The molecule has 1 aliphatic heterocycles. The van der Waals surface area contributed by atoms with Gasteiger partial charge in [0.15, 0.2) is 11.5 Å². The van der Waals surface area contributed by atoms with Gasteiger partial charge >= 0.3 is 0 Å². The highest BCUT2D eigenvalue weighted by atomic mass is 16.6. The minimum absolute atomic E-state index is 0.113. The van der Waals surface area contributed by atoms with Crippen LogP contribution in [0.25, 0.3) is 0 Å². The van der Waals surface area contributed by atoms with Crippen molar-refractivity contribution in [1.29, 1.82) is 5.26 Å². The zero-order valence-electron chi connectivity index (χ0n) is 14.0. The Morgan fingerprint density at radius 1 is 1.38 bits per heavy atom. The first-order valence-electron chi connectivity index (χ1n) is 8.39. The van der Waals surface area contributed by atoms with Gasteiger partial charge in [-0.1, -0.05) is 12.1 Å². The molecule has 1 amide bonds. The van der Waals surface area contributed by atoms with E-state index in [2.05, 4.69) is 11.4 Å². The van der Waals surface area contributed by atoms with Crippen molar-refractivity contribution in [3.8, 4) is 17.6 Å². The number of benzene rings is 1. The van der Waals surface area contributed by atoms with E-state index in [-0.39, 0.29) is 18.6 Å². The van der Waals surface area contributed by atoms with Crippen LogP contribution in [-0.2, 0) is 4.79 Å². The summed E-state index contributed by atoms with van der Waals surface area (Å²) in [6.07, 6.45) is 3.37. The minimum Gasteiger partial charge on any atom is -0.486 e. The number of hydrogen-bond acceptors (Lipinski definition) is 5. The zero-order chi connectivity index (χ0) is 17.0. The fourth-order valence-corrected chi connectivity index (χ4v) is 3.36. The molecule has 6 heteroatoms. The molecule has 128 valence electrons. The van der Waals surface area contributed by atoms with Gasteiger partial charge in [-0.3, -0.25) is 9.69 Å². The van der Waals surface area contributed by atoms with E-state index in [4.69, 9.17) is 9.47 Å². The summed E-state index contributed by atoms with van der Waals surface area (Å²) >= 11 is 0. The molecule has 2 aliphatic rings. The van der Waals surface area contributed by atoms with Crippen LogP contribution in [0.4, 0.5) is 0 Å². The standard InChI is InChI=1S/C18H23N3O3/c1-21(11-17(22)20-18(13-19)8-4-5-9-18)10-14-12-23-15-6-2-3-7-16(15)24-14/h2-3,6-7,14H,4-5,8-12H2,1H3,(H,20,22). The Morgan fingerprint density at radius 3 is 2.79 bits per heavy atom. The summed E-state index contributed by atoms with van der Waals surface area (Å²) in [6.45, 7) is 1.29. The molecule has 1 saturated carbocycles. The van der Waals surface area contributed by atoms with Crippen molar-refractivity contribution in [2.75, 3.05) is 26.7 Å². The Hall–Kier alpha value is -2.26. The quantitative estimate of drug-likeness (QED) is 0.890. The van der Waals surface area contributed by atoms with Gasteiger partial charge in [0.25, 0.3) is 0 Å². The number of nitrogens with zero attached hydrogens (tertiary/aromatic N) is 2. The molecular formula is C18H23N3O3. The fraction of sp³-hybridized carbons (Fsp3) is 0.556. The van der Waals surface area contributed by atoms with Crippen LogP contribution in [0.1, 0.15) is 25.7 Å². The number of likely N-dealkylation sites (N-methyl/N-ethyl adjacent to an activating group) is 1. The van der Waals surface area contributed by atoms with E-state index in [0.717, 1.165) is 37.2 Å². The average Bonchev–Trinajstić information content (AvgIpc) is 3.03. The summed E-state index contributed by atoms with van der Waals surface area (Å²) in [5, 5.41) is 12.3. The lowest BCUT2D eigenvalue weighted by Gasteiger charge is -2.30. The zero-order valence-corrected chi connectivity index (χ0v) is 14.0. The fourth-order valence-electron chi connectivity index (χ4n) is 3.36. The summed E-state index contributed by atoms with van der Waals surface area (Å²) in [5.74, 6) is 1.38. The van der Waals surface area contributed by atoms with Gasteiger partial charge in [-0.15, -0.1) is 0 Å². The Kier molecular flexibility index (Phi) is 4.91. The number of amides is 1. The topological polar surface area (TPSA) is 74.6 Å². The Morgan fingerprint density at radius 2 is 2.08 bits per heavy atom. The molecule has 3 rings (SSSR count). The lowest BCUT2D eigenvalue weighted by molar-refractivity contribution is -0.123. The van der Waals surface area contributed by atoms with Crippen molar-refractivity contribution in [3.63, 3.8) is 0 Å². The van der Waals surface area contributed by atoms with E-state index in [1.54, 1.807) is 0 Å². The second-order valence-corrected chi connectivity index (χ2v) is 6.64. The summed E-state index contributed by atoms with van der Waals surface area (Å²) in [4.78, 5) is 14.1. The number of ether oxygens (including phenoxy) is 2. The van der Waals surface area contributed by atoms with E-state index >= 15 is 0 Å². The molecule has 1 aliphatic carbocycles. The predicted octanol–water partition coefficient (Wildman–Crippen LogP) is 1.71.